The second kappa shape index (κ2) is 5.01. The summed E-state index contributed by atoms with van der Waals surface area (Å²) in [5, 5.41) is 10.0. The normalized spacial score (nSPS) is 10.4. The van der Waals surface area contributed by atoms with Crippen LogP contribution in [0.4, 0.5) is 11.5 Å². The summed E-state index contributed by atoms with van der Waals surface area (Å²) in [6.45, 7) is 0. The lowest BCUT2D eigenvalue weighted by molar-refractivity contribution is 0.471. The maximum Gasteiger partial charge on any atom is 0.253 e. The van der Waals surface area contributed by atoms with Crippen LogP contribution in [-0.4, -0.2) is 15.1 Å². The van der Waals surface area contributed by atoms with Crippen molar-refractivity contribution in [2.24, 2.45) is 0 Å². The van der Waals surface area contributed by atoms with Crippen molar-refractivity contribution in [2.45, 2.75) is 10.9 Å². The number of aromatic nitrogens is 2. The van der Waals surface area contributed by atoms with E-state index < -0.39 is 0 Å². The lowest BCUT2D eigenvalue weighted by Gasteiger charge is -2.05. The number of aromatic amines is 1. The van der Waals surface area contributed by atoms with E-state index in [1.807, 2.05) is 0 Å². The van der Waals surface area contributed by atoms with E-state index in [1.54, 1.807) is 12.1 Å². The Balaban J connectivity index is 2.16. The first-order valence-electron chi connectivity index (χ1n) is 5.11. The lowest BCUT2D eigenvalue weighted by Crippen LogP contribution is -2.09. The minimum atomic E-state index is -0.304. The number of anilines is 2. The van der Waals surface area contributed by atoms with Gasteiger partial charge in [-0.2, -0.15) is 0 Å². The van der Waals surface area contributed by atoms with Crippen molar-refractivity contribution in [1.29, 1.82) is 0 Å². The van der Waals surface area contributed by atoms with Gasteiger partial charge in [-0.15, -0.1) is 0 Å². The summed E-state index contributed by atoms with van der Waals surface area (Å²) in [5.41, 5.74) is 12.0. The minimum Gasteiger partial charge on any atom is -0.508 e. The van der Waals surface area contributed by atoms with E-state index in [1.165, 1.54) is 23.9 Å². The molecule has 0 aliphatic rings. The second-order valence-electron chi connectivity index (χ2n) is 3.65. The molecule has 0 aliphatic heterocycles. The number of nitrogens with one attached hydrogen (secondary N) is 1. The molecule has 0 aliphatic carbocycles. The number of hydrogen-bond donors (Lipinski definition) is 4. The molecule has 6 nitrogen and oxygen atoms in total. The number of hydrogen-bond acceptors (Lipinski definition) is 6. The average molecular weight is 264 g/mol. The van der Waals surface area contributed by atoms with E-state index in [0.717, 1.165) is 0 Å². The monoisotopic (exact) mass is 264 g/mol. The molecule has 0 unspecified atom stereocenters. The van der Waals surface area contributed by atoms with Crippen molar-refractivity contribution in [3.05, 3.63) is 40.2 Å². The topological polar surface area (TPSA) is 118 Å². The third-order valence-electron chi connectivity index (χ3n) is 2.21. The fraction of sp³-hybridized carbons (Fsp3) is 0.0909. The van der Waals surface area contributed by atoms with Crippen LogP contribution in [0.1, 0.15) is 5.56 Å². The van der Waals surface area contributed by atoms with Crippen molar-refractivity contribution < 1.29 is 5.11 Å². The molecule has 18 heavy (non-hydrogen) atoms. The van der Waals surface area contributed by atoms with Gasteiger partial charge in [0.25, 0.3) is 5.56 Å². The summed E-state index contributed by atoms with van der Waals surface area (Å²) < 4.78 is 0. The zero-order chi connectivity index (χ0) is 13.1. The Bertz CT molecular complexity index is 627. The molecule has 0 fully saturated rings. The maximum absolute atomic E-state index is 11.2. The molecule has 94 valence electrons. The van der Waals surface area contributed by atoms with Crippen molar-refractivity contribution in [3.8, 4) is 5.75 Å². The van der Waals surface area contributed by atoms with E-state index in [-0.39, 0.29) is 17.1 Å². The summed E-state index contributed by atoms with van der Waals surface area (Å²) >= 11 is 1.26. The number of nitrogens with zero attached hydrogens (tertiary/aromatic N) is 1. The number of H-pyrrole nitrogens is 1. The van der Waals surface area contributed by atoms with Crippen LogP contribution in [-0.2, 0) is 5.75 Å². The molecule has 0 spiro atoms. The Hall–Kier alpha value is -2.15. The number of rotatable bonds is 3. The van der Waals surface area contributed by atoms with Crippen LogP contribution in [0, 0.1) is 0 Å². The number of benzene rings is 1. The largest absolute Gasteiger partial charge is 0.508 e. The molecule has 0 atom stereocenters. The van der Waals surface area contributed by atoms with Gasteiger partial charge in [0.2, 0.25) is 0 Å². The summed E-state index contributed by atoms with van der Waals surface area (Å²) in [4.78, 5) is 17.7. The highest BCUT2D eigenvalue weighted by atomic mass is 32.2. The Labute approximate surface area is 107 Å². The number of nitrogen functional groups attached to an aromatic ring is 2. The molecule has 0 bridgehead atoms. The molecule has 2 rings (SSSR count). The number of aromatic hydroxyl groups is 1. The molecule has 1 aromatic carbocycles. The highest BCUT2D eigenvalue weighted by Crippen LogP contribution is 2.26. The Kier molecular flexibility index (Phi) is 3.42. The van der Waals surface area contributed by atoms with Crippen LogP contribution < -0.4 is 17.0 Å². The molecule has 0 amide bonds. The highest BCUT2D eigenvalue weighted by Gasteiger charge is 2.05. The quantitative estimate of drug-likeness (QED) is 0.283. The standard InChI is InChI=1S/C11H12N4O2S/c12-7-1-2-8(16)6(3-7)5-18-11-14-9(13)4-10(17)15-11/h1-4,16H,5,12H2,(H3,13,14,15,17). The summed E-state index contributed by atoms with van der Waals surface area (Å²) in [5.74, 6) is 0.754. The SMILES string of the molecule is Nc1ccc(O)c(CSc2nc(N)cc(=O)[nH]2)c1. The lowest BCUT2D eigenvalue weighted by atomic mass is 10.2. The summed E-state index contributed by atoms with van der Waals surface area (Å²) in [6.07, 6.45) is 0. The summed E-state index contributed by atoms with van der Waals surface area (Å²) in [6, 6.07) is 6.03. The molecular formula is C11H12N4O2S. The number of nitrogens with two attached hydrogens (primary N) is 2. The molecule has 2 aromatic rings. The fourth-order valence-corrected chi connectivity index (χ4v) is 2.25. The van der Waals surface area contributed by atoms with Crippen molar-refractivity contribution in [1.82, 2.24) is 9.97 Å². The fourth-order valence-electron chi connectivity index (χ4n) is 1.39. The third kappa shape index (κ3) is 2.95. The van der Waals surface area contributed by atoms with Gasteiger partial charge in [-0.25, -0.2) is 4.98 Å². The van der Waals surface area contributed by atoms with Gasteiger partial charge in [0, 0.05) is 23.1 Å². The van der Waals surface area contributed by atoms with Gasteiger partial charge >= 0.3 is 0 Å². The molecule has 1 heterocycles. The Morgan fingerprint density at radius 2 is 2.11 bits per heavy atom. The van der Waals surface area contributed by atoms with E-state index in [2.05, 4.69) is 9.97 Å². The molecule has 7 heteroatoms. The van der Waals surface area contributed by atoms with Gasteiger partial charge in [0.05, 0.1) is 0 Å². The van der Waals surface area contributed by atoms with E-state index in [0.29, 0.717) is 22.2 Å². The number of thioether (sulfide) groups is 1. The van der Waals surface area contributed by atoms with Gasteiger partial charge in [-0.05, 0) is 18.2 Å². The van der Waals surface area contributed by atoms with Crippen molar-refractivity contribution in [3.63, 3.8) is 0 Å². The van der Waals surface area contributed by atoms with Crippen molar-refractivity contribution >= 4 is 23.3 Å². The molecular weight excluding hydrogens is 252 g/mol. The number of phenolic OH excluding ortho intramolecular Hbond substituents is 1. The van der Waals surface area contributed by atoms with Gasteiger partial charge in [-0.1, -0.05) is 11.8 Å². The second-order valence-corrected chi connectivity index (χ2v) is 4.62. The first kappa shape index (κ1) is 12.3. The van der Waals surface area contributed by atoms with Gasteiger partial charge in [0.1, 0.15) is 11.6 Å². The first-order valence-corrected chi connectivity index (χ1v) is 6.10. The predicted octanol–water partition coefficient (Wildman–Crippen LogP) is 0.932. The minimum absolute atomic E-state index is 0.156. The zero-order valence-corrected chi connectivity index (χ0v) is 10.2. The van der Waals surface area contributed by atoms with E-state index >= 15 is 0 Å². The van der Waals surface area contributed by atoms with Crippen LogP contribution in [0.15, 0.2) is 34.2 Å². The molecule has 0 radical (unpaired) electrons. The molecule has 0 saturated heterocycles. The smallest absolute Gasteiger partial charge is 0.253 e. The Morgan fingerprint density at radius 3 is 2.83 bits per heavy atom. The third-order valence-corrected chi connectivity index (χ3v) is 3.13. The van der Waals surface area contributed by atoms with Crippen LogP contribution in [0.2, 0.25) is 0 Å². The van der Waals surface area contributed by atoms with Crippen LogP contribution in [0.5, 0.6) is 5.75 Å². The molecule has 0 saturated carbocycles. The van der Waals surface area contributed by atoms with Crippen LogP contribution in [0.25, 0.3) is 0 Å². The first-order chi connectivity index (χ1) is 8.54. The summed E-state index contributed by atoms with van der Waals surface area (Å²) in [7, 11) is 0. The molecule has 6 N–H and O–H groups in total. The van der Waals surface area contributed by atoms with Crippen LogP contribution in [0.3, 0.4) is 0 Å². The number of phenols is 1. The molecule has 1 aromatic heterocycles. The highest BCUT2D eigenvalue weighted by molar-refractivity contribution is 7.98. The maximum atomic E-state index is 11.2. The Morgan fingerprint density at radius 1 is 1.33 bits per heavy atom. The van der Waals surface area contributed by atoms with E-state index in [9.17, 15) is 9.90 Å². The zero-order valence-electron chi connectivity index (χ0n) is 9.38. The predicted molar refractivity (Wildman–Crippen MR) is 71.4 cm³/mol. The van der Waals surface area contributed by atoms with Gasteiger partial charge in [0.15, 0.2) is 5.16 Å². The van der Waals surface area contributed by atoms with Crippen LogP contribution >= 0.6 is 11.8 Å². The van der Waals surface area contributed by atoms with E-state index in [4.69, 9.17) is 11.5 Å². The van der Waals surface area contributed by atoms with Gasteiger partial charge < -0.3 is 21.6 Å². The average Bonchev–Trinajstić information content (AvgIpc) is 2.29. The van der Waals surface area contributed by atoms with Crippen molar-refractivity contribution in [2.75, 3.05) is 11.5 Å². The van der Waals surface area contributed by atoms with Gasteiger partial charge in [-0.3, -0.25) is 4.79 Å².